The summed E-state index contributed by atoms with van der Waals surface area (Å²) >= 11 is 6.16. The standard InChI is InChI=1S/C18H22ClN3O3/c1-5-24-14-7-12-6-10(2)25-15(12)8-13(14)9-20-18(23)16-11(3)21-22(4)17(16)19/h7-8,10H,5-6,9H2,1-4H3,(H,20,23)/t10-/m1/s1. The van der Waals surface area contributed by atoms with Gasteiger partial charge in [-0.15, -0.1) is 0 Å². The van der Waals surface area contributed by atoms with E-state index >= 15 is 0 Å². The first kappa shape index (κ1) is 17.6. The van der Waals surface area contributed by atoms with Gasteiger partial charge in [-0.25, -0.2) is 0 Å². The van der Waals surface area contributed by atoms with Crippen LogP contribution in [-0.4, -0.2) is 28.4 Å². The highest BCUT2D eigenvalue weighted by molar-refractivity contribution is 6.33. The average Bonchev–Trinajstić information content (AvgIpc) is 3.03. The van der Waals surface area contributed by atoms with Gasteiger partial charge in [-0.2, -0.15) is 5.10 Å². The quantitative estimate of drug-likeness (QED) is 0.886. The average molecular weight is 364 g/mol. The van der Waals surface area contributed by atoms with Crippen molar-refractivity contribution in [3.05, 3.63) is 39.7 Å². The summed E-state index contributed by atoms with van der Waals surface area (Å²) in [6.45, 7) is 6.62. The summed E-state index contributed by atoms with van der Waals surface area (Å²) in [5, 5.41) is 7.39. The second kappa shape index (κ2) is 6.96. The van der Waals surface area contributed by atoms with Crippen molar-refractivity contribution in [1.82, 2.24) is 15.1 Å². The highest BCUT2D eigenvalue weighted by Gasteiger charge is 2.23. The minimum absolute atomic E-state index is 0.158. The SMILES string of the molecule is CCOc1cc2c(cc1CNC(=O)c1c(C)nn(C)c1Cl)O[C@H](C)C2. The van der Waals surface area contributed by atoms with Crippen molar-refractivity contribution in [3.63, 3.8) is 0 Å². The molecule has 0 spiro atoms. The first-order valence-electron chi connectivity index (χ1n) is 8.33. The normalized spacial score (nSPS) is 15.6. The van der Waals surface area contributed by atoms with E-state index in [1.54, 1.807) is 14.0 Å². The molecule has 2 heterocycles. The Labute approximate surface area is 152 Å². The molecule has 0 saturated heterocycles. The van der Waals surface area contributed by atoms with Crippen LogP contribution in [0.4, 0.5) is 0 Å². The molecule has 3 rings (SSSR count). The first-order chi connectivity index (χ1) is 11.9. The van der Waals surface area contributed by atoms with Crippen molar-refractivity contribution in [1.29, 1.82) is 0 Å². The lowest BCUT2D eigenvalue weighted by Crippen LogP contribution is -2.24. The van der Waals surface area contributed by atoms with Crippen LogP contribution in [0.5, 0.6) is 11.5 Å². The largest absolute Gasteiger partial charge is 0.494 e. The molecule has 1 amide bonds. The molecule has 1 aliphatic rings. The van der Waals surface area contributed by atoms with Gasteiger partial charge in [-0.1, -0.05) is 11.6 Å². The number of fused-ring (bicyclic) bond motifs is 1. The van der Waals surface area contributed by atoms with Crippen LogP contribution in [0.15, 0.2) is 12.1 Å². The maximum absolute atomic E-state index is 12.5. The van der Waals surface area contributed by atoms with E-state index in [9.17, 15) is 4.79 Å². The molecule has 2 aromatic rings. The summed E-state index contributed by atoms with van der Waals surface area (Å²) in [5.74, 6) is 1.37. The summed E-state index contributed by atoms with van der Waals surface area (Å²) in [4.78, 5) is 12.5. The third kappa shape index (κ3) is 3.44. The van der Waals surface area contributed by atoms with E-state index < -0.39 is 0 Å². The van der Waals surface area contributed by atoms with Crippen molar-refractivity contribution in [3.8, 4) is 11.5 Å². The zero-order chi connectivity index (χ0) is 18.1. The second-order valence-corrected chi connectivity index (χ2v) is 6.55. The van der Waals surface area contributed by atoms with Crippen LogP contribution in [0.2, 0.25) is 5.15 Å². The molecule has 0 saturated carbocycles. The third-order valence-corrected chi connectivity index (χ3v) is 4.63. The Morgan fingerprint density at radius 2 is 2.28 bits per heavy atom. The van der Waals surface area contributed by atoms with Crippen LogP contribution in [0.1, 0.15) is 41.0 Å². The Morgan fingerprint density at radius 1 is 1.52 bits per heavy atom. The maximum Gasteiger partial charge on any atom is 0.256 e. The first-order valence-corrected chi connectivity index (χ1v) is 8.71. The monoisotopic (exact) mass is 363 g/mol. The molecule has 1 atom stereocenters. The van der Waals surface area contributed by atoms with Gasteiger partial charge >= 0.3 is 0 Å². The van der Waals surface area contributed by atoms with Crippen LogP contribution in [0, 0.1) is 6.92 Å². The van der Waals surface area contributed by atoms with Gasteiger partial charge in [0.05, 0.1) is 17.9 Å². The number of rotatable bonds is 5. The van der Waals surface area contributed by atoms with Crippen LogP contribution in [0.3, 0.4) is 0 Å². The number of hydrogen-bond acceptors (Lipinski definition) is 4. The van der Waals surface area contributed by atoms with E-state index in [0.717, 1.165) is 29.0 Å². The number of amides is 1. The second-order valence-electron chi connectivity index (χ2n) is 6.19. The van der Waals surface area contributed by atoms with Crippen molar-refractivity contribution < 1.29 is 14.3 Å². The molecule has 6 nitrogen and oxygen atoms in total. The molecule has 0 unspecified atom stereocenters. The highest BCUT2D eigenvalue weighted by atomic mass is 35.5. The van der Waals surface area contributed by atoms with E-state index in [-0.39, 0.29) is 12.0 Å². The van der Waals surface area contributed by atoms with Crippen molar-refractivity contribution in [2.45, 2.75) is 39.8 Å². The fraction of sp³-hybridized carbons (Fsp3) is 0.444. The molecule has 0 aliphatic carbocycles. The molecule has 0 bridgehead atoms. The van der Waals surface area contributed by atoms with Crippen LogP contribution < -0.4 is 14.8 Å². The lowest BCUT2D eigenvalue weighted by molar-refractivity contribution is 0.0950. The van der Waals surface area contributed by atoms with Crippen molar-refractivity contribution in [2.75, 3.05) is 6.61 Å². The van der Waals surface area contributed by atoms with Gasteiger partial charge in [0.15, 0.2) is 0 Å². The topological polar surface area (TPSA) is 65.4 Å². The number of aryl methyl sites for hydroxylation is 2. The van der Waals surface area contributed by atoms with Gasteiger partial charge in [0.1, 0.15) is 22.8 Å². The molecule has 0 fully saturated rings. The molecule has 1 aromatic carbocycles. The van der Waals surface area contributed by atoms with Gasteiger partial charge < -0.3 is 14.8 Å². The van der Waals surface area contributed by atoms with Gasteiger partial charge in [0.25, 0.3) is 5.91 Å². The van der Waals surface area contributed by atoms with Gasteiger partial charge in [-0.3, -0.25) is 9.48 Å². The Kier molecular flexibility index (Phi) is 4.90. The van der Waals surface area contributed by atoms with Crippen molar-refractivity contribution in [2.24, 2.45) is 7.05 Å². The summed E-state index contributed by atoms with van der Waals surface area (Å²) in [6.07, 6.45) is 1.03. The molecule has 1 aliphatic heterocycles. The Balaban J connectivity index is 1.80. The number of carbonyl (C=O) groups is 1. The fourth-order valence-electron chi connectivity index (χ4n) is 3.06. The molecule has 134 valence electrons. The van der Waals surface area contributed by atoms with Crippen molar-refractivity contribution >= 4 is 17.5 Å². The minimum Gasteiger partial charge on any atom is -0.494 e. The van der Waals surface area contributed by atoms with E-state index in [1.165, 1.54) is 4.68 Å². The number of benzene rings is 1. The number of nitrogens with zero attached hydrogens (tertiary/aromatic N) is 2. The Bertz CT molecular complexity index is 816. The number of ether oxygens (including phenoxy) is 2. The summed E-state index contributed by atoms with van der Waals surface area (Å²) in [6, 6.07) is 3.95. The Morgan fingerprint density at radius 3 is 2.92 bits per heavy atom. The molecule has 0 radical (unpaired) electrons. The predicted octanol–water partition coefficient (Wildman–Crippen LogP) is 3.03. The number of nitrogens with one attached hydrogen (secondary N) is 1. The lowest BCUT2D eigenvalue weighted by atomic mass is 10.1. The number of carbonyl (C=O) groups excluding carboxylic acids is 1. The molecule has 7 heteroatoms. The Hall–Kier alpha value is -2.21. The molecule has 1 N–H and O–H groups in total. The molecule has 25 heavy (non-hydrogen) atoms. The summed E-state index contributed by atoms with van der Waals surface area (Å²) in [5.41, 5.74) is 3.01. The molecule has 1 aromatic heterocycles. The van der Waals surface area contributed by atoms with Gasteiger partial charge in [-0.05, 0) is 32.9 Å². The minimum atomic E-state index is -0.257. The molecular weight excluding hydrogens is 342 g/mol. The van der Waals surface area contributed by atoms with E-state index in [2.05, 4.69) is 10.4 Å². The third-order valence-electron chi connectivity index (χ3n) is 4.20. The zero-order valence-corrected chi connectivity index (χ0v) is 15.6. The lowest BCUT2D eigenvalue weighted by Gasteiger charge is -2.13. The number of hydrogen-bond donors (Lipinski definition) is 1. The fourth-order valence-corrected chi connectivity index (χ4v) is 3.32. The zero-order valence-electron chi connectivity index (χ0n) is 14.9. The predicted molar refractivity (Wildman–Crippen MR) is 95.5 cm³/mol. The van der Waals surface area contributed by atoms with E-state index in [1.807, 2.05) is 26.0 Å². The maximum atomic E-state index is 12.5. The smallest absolute Gasteiger partial charge is 0.256 e. The van der Waals surface area contributed by atoms with Gasteiger partial charge in [0.2, 0.25) is 0 Å². The van der Waals surface area contributed by atoms with E-state index in [4.69, 9.17) is 21.1 Å². The summed E-state index contributed by atoms with van der Waals surface area (Å²) in [7, 11) is 1.71. The van der Waals surface area contributed by atoms with Crippen LogP contribution >= 0.6 is 11.6 Å². The van der Waals surface area contributed by atoms with Gasteiger partial charge in [0, 0.05) is 31.1 Å². The van der Waals surface area contributed by atoms with E-state index in [0.29, 0.717) is 29.6 Å². The molecular formula is C18H22ClN3O3. The van der Waals surface area contributed by atoms with Crippen LogP contribution in [-0.2, 0) is 20.0 Å². The number of halogens is 1. The number of aromatic nitrogens is 2. The highest BCUT2D eigenvalue weighted by Crippen LogP contribution is 2.35. The van der Waals surface area contributed by atoms with Crippen LogP contribution in [0.25, 0.3) is 0 Å². The summed E-state index contributed by atoms with van der Waals surface area (Å²) < 4.78 is 13.0.